The molecular formula is C18H20F2N2O4S. The van der Waals surface area contributed by atoms with E-state index < -0.39 is 63.5 Å². The molecule has 0 saturated carbocycles. The zero-order valence-electron chi connectivity index (χ0n) is 14.6. The van der Waals surface area contributed by atoms with Gasteiger partial charge in [-0.1, -0.05) is 36.3 Å². The fourth-order valence-electron chi connectivity index (χ4n) is 2.82. The number of hydrogen-bond acceptors (Lipinski definition) is 4. The maximum atomic E-state index is 14.3. The second kappa shape index (κ2) is 8.05. The molecule has 2 rings (SSSR count). The van der Waals surface area contributed by atoms with E-state index in [-0.39, 0.29) is 5.56 Å². The highest BCUT2D eigenvalue weighted by atomic mass is 32.2. The van der Waals surface area contributed by atoms with Gasteiger partial charge in [0.1, 0.15) is 0 Å². The molecule has 6 nitrogen and oxygen atoms in total. The summed E-state index contributed by atoms with van der Waals surface area (Å²) in [6.07, 6.45) is 4.34. The van der Waals surface area contributed by atoms with Gasteiger partial charge in [0.25, 0.3) is 5.91 Å². The van der Waals surface area contributed by atoms with E-state index in [1.807, 2.05) is 5.32 Å². The maximum Gasteiger partial charge on any atom is 0.328 e. The second-order valence-corrected chi connectivity index (χ2v) is 8.68. The highest BCUT2D eigenvalue weighted by Crippen LogP contribution is 2.24. The molecular weight excluding hydrogens is 378 g/mol. The monoisotopic (exact) mass is 398 g/mol. The molecule has 0 aromatic heterocycles. The number of rotatable bonds is 6. The van der Waals surface area contributed by atoms with Crippen molar-refractivity contribution in [3.8, 4) is 12.3 Å². The number of carbonyl (C=O) groups is 2. The van der Waals surface area contributed by atoms with Crippen LogP contribution in [-0.2, 0) is 25.8 Å². The first-order valence-corrected chi connectivity index (χ1v) is 10.1. The molecule has 2 N–H and O–H groups in total. The quantitative estimate of drug-likeness (QED) is 0.684. The molecule has 146 valence electrons. The zero-order valence-corrected chi connectivity index (χ0v) is 15.4. The molecule has 0 spiro atoms. The Bertz CT molecular complexity index is 850. The maximum absolute atomic E-state index is 14.3. The van der Waals surface area contributed by atoms with Gasteiger partial charge in [0.2, 0.25) is 5.91 Å². The molecule has 1 aromatic carbocycles. The van der Waals surface area contributed by atoms with Crippen molar-refractivity contribution in [3.05, 3.63) is 35.9 Å². The highest BCUT2D eigenvalue weighted by Gasteiger charge is 2.47. The van der Waals surface area contributed by atoms with Gasteiger partial charge in [0.15, 0.2) is 9.84 Å². The number of alkyl halides is 2. The largest absolute Gasteiger partial charge is 0.346 e. The van der Waals surface area contributed by atoms with Gasteiger partial charge in [-0.15, -0.1) is 6.42 Å². The lowest BCUT2D eigenvalue weighted by molar-refractivity contribution is -0.146. The number of benzene rings is 1. The van der Waals surface area contributed by atoms with Crippen LogP contribution in [0.1, 0.15) is 12.5 Å². The van der Waals surface area contributed by atoms with Crippen LogP contribution in [0.3, 0.4) is 0 Å². The number of hydrogen-bond donors (Lipinski definition) is 2. The molecule has 9 heteroatoms. The van der Waals surface area contributed by atoms with Crippen molar-refractivity contribution in [1.29, 1.82) is 0 Å². The first kappa shape index (κ1) is 20.8. The minimum atomic E-state index is -3.75. The lowest BCUT2D eigenvalue weighted by Crippen LogP contribution is -2.52. The standard InChI is InChI=1S/C18H20F2N2O4S/c1-3-12(2)21-16(23)14-10-27(25,26)11-15(14)22-17(24)18(19,20)9-13-7-5-4-6-8-13/h1,4-8,12,14-15H,9-11H2,2H3,(H,21,23)(H,22,24)/t12?,14-,15-/m1/s1. The topological polar surface area (TPSA) is 92.3 Å². The molecule has 1 unspecified atom stereocenters. The van der Waals surface area contributed by atoms with Crippen LogP contribution in [0, 0.1) is 18.3 Å². The minimum absolute atomic E-state index is 0.258. The molecule has 1 fully saturated rings. The molecule has 1 aromatic rings. The van der Waals surface area contributed by atoms with Crippen LogP contribution >= 0.6 is 0 Å². The van der Waals surface area contributed by atoms with Crippen molar-refractivity contribution in [1.82, 2.24) is 10.6 Å². The fraction of sp³-hybridized carbons (Fsp3) is 0.444. The Morgan fingerprint density at radius 3 is 2.52 bits per heavy atom. The van der Waals surface area contributed by atoms with E-state index in [0.717, 1.165) is 0 Å². The Hall–Kier alpha value is -2.47. The van der Waals surface area contributed by atoms with Gasteiger partial charge in [-0.25, -0.2) is 8.42 Å². The zero-order chi connectivity index (χ0) is 20.2. The van der Waals surface area contributed by atoms with Gasteiger partial charge in [0, 0.05) is 6.42 Å². The summed E-state index contributed by atoms with van der Waals surface area (Å²) in [6, 6.07) is 5.81. The van der Waals surface area contributed by atoms with Crippen molar-refractivity contribution in [2.45, 2.75) is 31.4 Å². The van der Waals surface area contributed by atoms with Gasteiger partial charge in [0.05, 0.1) is 29.5 Å². The average Bonchev–Trinajstić information content (AvgIpc) is 2.89. The van der Waals surface area contributed by atoms with Crippen molar-refractivity contribution in [2.75, 3.05) is 11.5 Å². The summed E-state index contributed by atoms with van der Waals surface area (Å²) < 4.78 is 52.3. The molecule has 0 aliphatic carbocycles. The molecule has 3 atom stereocenters. The third kappa shape index (κ3) is 5.50. The van der Waals surface area contributed by atoms with Crippen LogP contribution in [0.15, 0.2) is 30.3 Å². The molecule has 27 heavy (non-hydrogen) atoms. The van der Waals surface area contributed by atoms with E-state index in [9.17, 15) is 26.8 Å². The van der Waals surface area contributed by atoms with Gasteiger partial charge in [-0.2, -0.15) is 8.78 Å². The second-order valence-electron chi connectivity index (χ2n) is 6.53. The number of amides is 2. The summed E-state index contributed by atoms with van der Waals surface area (Å²) in [6.45, 7) is 1.52. The van der Waals surface area contributed by atoms with E-state index in [4.69, 9.17) is 6.42 Å². The normalized spacial score (nSPS) is 22.4. The van der Waals surface area contributed by atoms with E-state index in [1.165, 1.54) is 19.1 Å². The third-order valence-electron chi connectivity index (χ3n) is 4.22. The van der Waals surface area contributed by atoms with Crippen molar-refractivity contribution >= 4 is 21.7 Å². The first-order chi connectivity index (χ1) is 12.5. The van der Waals surface area contributed by atoms with E-state index in [1.54, 1.807) is 18.2 Å². The number of halogens is 2. The molecule has 1 aliphatic rings. The van der Waals surface area contributed by atoms with Crippen LogP contribution in [0.2, 0.25) is 0 Å². The lowest BCUT2D eigenvalue weighted by Gasteiger charge is -2.23. The van der Waals surface area contributed by atoms with E-state index >= 15 is 0 Å². The van der Waals surface area contributed by atoms with Crippen molar-refractivity contribution in [2.24, 2.45) is 5.92 Å². The fourth-order valence-corrected chi connectivity index (χ4v) is 4.75. The van der Waals surface area contributed by atoms with E-state index in [0.29, 0.717) is 0 Å². The molecule has 2 amide bonds. The number of sulfone groups is 1. The average molecular weight is 398 g/mol. The Labute approximate surface area is 156 Å². The van der Waals surface area contributed by atoms with Crippen LogP contribution < -0.4 is 10.6 Å². The minimum Gasteiger partial charge on any atom is -0.346 e. The van der Waals surface area contributed by atoms with Gasteiger partial charge < -0.3 is 10.6 Å². The number of nitrogens with one attached hydrogen (secondary N) is 2. The summed E-state index contributed by atoms with van der Waals surface area (Å²) in [5.74, 6) is -6.10. The molecule has 1 heterocycles. The Morgan fingerprint density at radius 2 is 1.93 bits per heavy atom. The lowest BCUT2D eigenvalue weighted by atomic mass is 10.0. The summed E-state index contributed by atoms with van der Waals surface area (Å²) in [7, 11) is -3.65. The Balaban J connectivity index is 2.11. The smallest absolute Gasteiger partial charge is 0.328 e. The highest BCUT2D eigenvalue weighted by molar-refractivity contribution is 7.91. The van der Waals surface area contributed by atoms with Gasteiger partial charge in [-0.3, -0.25) is 9.59 Å². The first-order valence-electron chi connectivity index (χ1n) is 8.24. The number of carbonyl (C=O) groups excluding carboxylic acids is 2. The molecule has 0 radical (unpaired) electrons. The third-order valence-corrected chi connectivity index (χ3v) is 5.95. The van der Waals surface area contributed by atoms with Gasteiger partial charge in [-0.05, 0) is 12.5 Å². The van der Waals surface area contributed by atoms with E-state index in [2.05, 4.69) is 11.2 Å². The van der Waals surface area contributed by atoms with Crippen LogP contribution in [0.25, 0.3) is 0 Å². The predicted octanol–water partition coefficient (Wildman–Crippen LogP) is 0.532. The Morgan fingerprint density at radius 1 is 1.30 bits per heavy atom. The van der Waals surface area contributed by atoms with Crippen molar-refractivity contribution < 1.29 is 26.8 Å². The predicted molar refractivity (Wildman–Crippen MR) is 95.6 cm³/mol. The molecule has 0 bridgehead atoms. The Kier molecular flexibility index (Phi) is 6.21. The van der Waals surface area contributed by atoms with Crippen LogP contribution in [0.5, 0.6) is 0 Å². The summed E-state index contributed by atoms with van der Waals surface area (Å²) >= 11 is 0. The SMILES string of the molecule is C#CC(C)NC(=O)[C@@H]1CS(=O)(=O)C[C@H]1NC(=O)C(F)(F)Cc1ccccc1. The summed E-state index contributed by atoms with van der Waals surface area (Å²) in [4.78, 5) is 24.3. The van der Waals surface area contributed by atoms with Gasteiger partial charge >= 0.3 is 5.92 Å². The summed E-state index contributed by atoms with van der Waals surface area (Å²) in [5.41, 5.74) is 0.258. The van der Waals surface area contributed by atoms with Crippen molar-refractivity contribution in [3.63, 3.8) is 0 Å². The van der Waals surface area contributed by atoms with Crippen LogP contribution in [-0.4, -0.2) is 49.7 Å². The molecule has 1 saturated heterocycles. The number of terminal acetylenes is 1. The summed E-state index contributed by atoms with van der Waals surface area (Å²) in [5, 5.41) is 4.45. The van der Waals surface area contributed by atoms with Crippen LogP contribution in [0.4, 0.5) is 8.78 Å². The molecule has 1 aliphatic heterocycles.